The maximum atomic E-state index is 12.1. The SMILES string of the molecule is CC[C@@H](Nc1c(Nc2ccnc(C(=O)O)c2OC)c(=O)c1=O)c1ccccc1. The summed E-state index contributed by atoms with van der Waals surface area (Å²) >= 11 is 0. The van der Waals surface area contributed by atoms with Gasteiger partial charge in [0.25, 0.3) is 10.9 Å². The molecule has 0 radical (unpaired) electrons. The molecule has 0 aliphatic heterocycles. The largest absolute Gasteiger partial charge is 0.492 e. The lowest BCUT2D eigenvalue weighted by atomic mass is 10.0. The van der Waals surface area contributed by atoms with Crippen molar-refractivity contribution in [1.29, 1.82) is 0 Å². The first-order valence-electron chi connectivity index (χ1n) is 8.66. The summed E-state index contributed by atoms with van der Waals surface area (Å²) in [6.45, 7) is 1.97. The molecule has 0 aliphatic rings. The Morgan fingerprint density at radius 2 is 1.82 bits per heavy atom. The van der Waals surface area contributed by atoms with E-state index in [4.69, 9.17) is 4.74 Å². The van der Waals surface area contributed by atoms with Gasteiger partial charge in [-0.2, -0.15) is 0 Å². The topological polar surface area (TPSA) is 118 Å². The third kappa shape index (κ3) is 3.44. The molecule has 1 aromatic heterocycles. The van der Waals surface area contributed by atoms with Crippen molar-refractivity contribution in [2.75, 3.05) is 17.7 Å². The van der Waals surface area contributed by atoms with E-state index in [0.717, 1.165) is 5.56 Å². The van der Waals surface area contributed by atoms with Gasteiger partial charge in [0.2, 0.25) is 0 Å². The zero-order valence-corrected chi connectivity index (χ0v) is 15.4. The third-order valence-corrected chi connectivity index (χ3v) is 4.41. The van der Waals surface area contributed by atoms with Gasteiger partial charge in [-0.25, -0.2) is 9.78 Å². The van der Waals surface area contributed by atoms with E-state index in [1.807, 2.05) is 37.3 Å². The Hall–Kier alpha value is -3.68. The van der Waals surface area contributed by atoms with Gasteiger partial charge in [-0.1, -0.05) is 37.3 Å². The molecule has 0 fully saturated rings. The summed E-state index contributed by atoms with van der Waals surface area (Å²) in [5.41, 5.74) is -0.144. The number of carbonyl (C=O) groups is 1. The molecule has 8 heteroatoms. The zero-order chi connectivity index (χ0) is 20.3. The number of benzene rings is 1. The molecule has 2 aromatic carbocycles. The summed E-state index contributed by atoms with van der Waals surface area (Å²) in [4.78, 5) is 39.3. The Balaban J connectivity index is 1.93. The lowest BCUT2D eigenvalue weighted by molar-refractivity contribution is 0.0686. The Labute approximate surface area is 160 Å². The molecule has 0 saturated carbocycles. The van der Waals surface area contributed by atoms with Crippen LogP contribution in [-0.4, -0.2) is 23.2 Å². The number of hydrogen-bond donors (Lipinski definition) is 3. The first kappa shape index (κ1) is 19.1. The van der Waals surface area contributed by atoms with Crippen molar-refractivity contribution < 1.29 is 14.6 Å². The van der Waals surface area contributed by atoms with Crippen LogP contribution in [0.15, 0.2) is 52.2 Å². The molecule has 0 saturated heterocycles. The van der Waals surface area contributed by atoms with Gasteiger partial charge in [0.1, 0.15) is 11.4 Å². The van der Waals surface area contributed by atoms with Crippen LogP contribution in [0.2, 0.25) is 0 Å². The van der Waals surface area contributed by atoms with E-state index in [0.29, 0.717) is 6.42 Å². The summed E-state index contributed by atoms with van der Waals surface area (Å²) in [6.07, 6.45) is 1.98. The number of aromatic carboxylic acids is 1. The fourth-order valence-electron chi connectivity index (χ4n) is 2.97. The number of ether oxygens (including phenoxy) is 1. The first-order chi connectivity index (χ1) is 13.5. The van der Waals surface area contributed by atoms with Crippen LogP contribution in [0.5, 0.6) is 5.75 Å². The molecule has 3 aromatic rings. The first-order valence-corrected chi connectivity index (χ1v) is 8.66. The number of rotatable bonds is 8. The molecule has 1 heterocycles. The molecular weight excluding hydrogens is 362 g/mol. The molecule has 0 unspecified atom stereocenters. The number of hydrogen-bond acceptors (Lipinski definition) is 7. The second-order valence-corrected chi connectivity index (χ2v) is 6.09. The molecule has 28 heavy (non-hydrogen) atoms. The van der Waals surface area contributed by atoms with E-state index in [1.165, 1.54) is 19.4 Å². The van der Waals surface area contributed by atoms with Crippen LogP contribution in [0.1, 0.15) is 35.4 Å². The minimum Gasteiger partial charge on any atom is -0.492 e. The fourth-order valence-corrected chi connectivity index (χ4v) is 2.97. The monoisotopic (exact) mass is 381 g/mol. The van der Waals surface area contributed by atoms with Crippen LogP contribution >= 0.6 is 0 Å². The fraction of sp³-hybridized carbons (Fsp3) is 0.200. The van der Waals surface area contributed by atoms with Crippen molar-refractivity contribution in [2.45, 2.75) is 19.4 Å². The van der Waals surface area contributed by atoms with E-state index in [-0.39, 0.29) is 34.5 Å². The van der Waals surface area contributed by atoms with Gasteiger partial charge in [-0.15, -0.1) is 0 Å². The predicted molar refractivity (Wildman–Crippen MR) is 105 cm³/mol. The molecule has 3 rings (SSSR count). The van der Waals surface area contributed by atoms with Gasteiger partial charge in [0, 0.05) is 6.20 Å². The van der Waals surface area contributed by atoms with Crippen LogP contribution in [0.3, 0.4) is 0 Å². The van der Waals surface area contributed by atoms with Gasteiger partial charge in [-0.3, -0.25) is 9.59 Å². The second kappa shape index (κ2) is 7.91. The smallest absolute Gasteiger partial charge is 0.358 e. The van der Waals surface area contributed by atoms with E-state index in [1.54, 1.807) is 0 Å². The molecule has 144 valence electrons. The van der Waals surface area contributed by atoms with E-state index >= 15 is 0 Å². The number of carboxylic acids is 1. The molecule has 3 N–H and O–H groups in total. The lowest BCUT2D eigenvalue weighted by Gasteiger charge is -2.22. The summed E-state index contributed by atoms with van der Waals surface area (Å²) in [5.74, 6) is -1.29. The highest BCUT2D eigenvalue weighted by Crippen LogP contribution is 2.32. The Morgan fingerprint density at radius 1 is 1.14 bits per heavy atom. The van der Waals surface area contributed by atoms with E-state index in [9.17, 15) is 19.5 Å². The highest BCUT2D eigenvalue weighted by atomic mass is 16.5. The minimum absolute atomic E-state index is 0.0240. The number of methoxy groups -OCH3 is 1. The van der Waals surface area contributed by atoms with Gasteiger partial charge in [0.15, 0.2) is 11.4 Å². The third-order valence-electron chi connectivity index (χ3n) is 4.41. The molecular formula is C20H19N3O5. The predicted octanol–water partition coefficient (Wildman–Crippen LogP) is 2.69. The van der Waals surface area contributed by atoms with Crippen LogP contribution in [0.25, 0.3) is 0 Å². The van der Waals surface area contributed by atoms with Crippen molar-refractivity contribution in [3.8, 4) is 5.75 Å². The van der Waals surface area contributed by atoms with Crippen molar-refractivity contribution in [1.82, 2.24) is 4.98 Å². The average molecular weight is 381 g/mol. The van der Waals surface area contributed by atoms with Crippen molar-refractivity contribution in [3.05, 3.63) is 74.3 Å². The van der Waals surface area contributed by atoms with Gasteiger partial charge in [0.05, 0.1) is 18.8 Å². The summed E-state index contributed by atoms with van der Waals surface area (Å²) in [7, 11) is 1.30. The van der Waals surface area contributed by atoms with E-state index in [2.05, 4.69) is 15.6 Å². The zero-order valence-electron chi connectivity index (χ0n) is 15.4. The van der Waals surface area contributed by atoms with E-state index < -0.39 is 16.8 Å². The summed E-state index contributed by atoms with van der Waals surface area (Å²) in [6, 6.07) is 10.9. The van der Waals surface area contributed by atoms with Gasteiger partial charge in [-0.05, 0) is 18.1 Å². The maximum absolute atomic E-state index is 12.1. The highest BCUT2D eigenvalue weighted by molar-refractivity contribution is 5.92. The lowest BCUT2D eigenvalue weighted by Crippen LogP contribution is -2.37. The molecule has 0 aliphatic carbocycles. The molecule has 1 atom stereocenters. The number of nitrogens with one attached hydrogen (secondary N) is 2. The van der Waals surface area contributed by atoms with Gasteiger partial charge < -0.3 is 20.5 Å². The summed E-state index contributed by atoms with van der Waals surface area (Å²) in [5, 5.41) is 15.2. The molecule has 0 amide bonds. The molecule has 0 bridgehead atoms. The Bertz CT molecular complexity index is 1070. The minimum atomic E-state index is -1.26. The van der Waals surface area contributed by atoms with Crippen molar-refractivity contribution >= 4 is 23.0 Å². The van der Waals surface area contributed by atoms with Gasteiger partial charge >= 0.3 is 5.97 Å². The number of pyridine rings is 1. The number of aromatic nitrogens is 1. The quantitative estimate of drug-likeness (QED) is 0.510. The van der Waals surface area contributed by atoms with Crippen molar-refractivity contribution in [3.63, 3.8) is 0 Å². The molecule has 8 nitrogen and oxygen atoms in total. The standard InChI is InChI=1S/C20H19N3O5/c1-3-12(11-7-5-4-6-8-11)22-14-15(18(25)17(14)24)23-13-9-10-21-16(20(26)27)19(13)28-2/h4-10,12,22H,3H2,1-2H3,(H,21,23)(H,26,27)/t12-/m1/s1. The number of carboxylic acid groups (broad SMARTS) is 1. The molecule has 0 spiro atoms. The van der Waals surface area contributed by atoms with Crippen molar-refractivity contribution in [2.24, 2.45) is 0 Å². The van der Waals surface area contributed by atoms with Crippen LogP contribution in [0, 0.1) is 0 Å². The van der Waals surface area contributed by atoms with Crippen LogP contribution in [-0.2, 0) is 0 Å². The second-order valence-electron chi connectivity index (χ2n) is 6.09. The number of nitrogens with zero attached hydrogens (tertiary/aromatic N) is 1. The normalized spacial score (nSPS) is 11.8. The highest BCUT2D eigenvalue weighted by Gasteiger charge is 2.25. The number of anilines is 3. The van der Waals surface area contributed by atoms with Crippen LogP contribution < -0.4 is 26.2 Å². The van der Waals surface area contributed by atoms with Crippen LogP contribution in [0.4, 0.5) is 17.1 Å². The summed E-state index contributed by atoms with van der Waals surface area (Å²) < 4.78 is 5.13. The Morgan fingerprint density at radius 3 is 2.43 bits per heavy atom. The Kier molecular flexibility index (Phi) is 5.39. The maximum Gasteiger partial charge on any atom is 0.358 e. The average Bonchev–Trinajstić information content (AvgIpc) is 2.73.